The maximum Gasteiger partial charge on any atom is 0.238 e. The number of ether oxygens (including phenoxy) is 2. The molecule has 0 radical (unpaired) electrons. The molecule has 0 bridgehead atoms. The second-order valence-corrected chi connectivity index (χ2v) is 7.44. The SMILES string of the molecule is O=C(CN1CCN(c2cccc(Cl)c2)CC1)Nc1ccc2c(c1)OCCCO2. The molecular weight excluding hydrogens is 378 g/mol. The Kier molecular flexibility index (Phi) is 5.88. The van der Waals surface area contributed by atoms with Crippen LogP contribution in [0.15, 0.2) is 42.5 Å². The first-order valence-electron chi connectivity index (χ1n) is 9.60. The summed E-state index contributed by atoms with van der Waals surface area (Å²) in [6, 6.07) is 13.4. The van der Waals surface area contributed by atoms with Gasteiger partial charge in [0.15, 0.2) is 11.5 Å². The van der Waals surface area contributed by atoms with Gasteiger partial charge >= 0.3 is 0 Å². The van der Waals surface area contributed by atoms with Crippen molar-refractivity contribution in [3.8, 4) is 11.5 Å². The van der Waals surface area contributed by atoms with E-state index in [2.05, 4.69) is 21.2 Å². The number of hydrogen-bond donors (Lipinski definition) is 1. The van der Waals surface area contributed by atoms with Gasteiger partial charge in [0.1, 0.15) is 0 Å². The van der Waals surface area contributed by atoms with Gasteiger partial charge in [0, 0.05) is 55.1 Å². The summed E-state index contributed by atoms with van der Waals surface area (Å²) in [6.07, 6.45) is 0.859. The molecule has 1 amide bonds. The van der Waals surface area contributed by atoms with E-state index in [1.807, 2.05) is 36.4 Å². The van der Waals surface area contributed by atoms with Gasteiger partial charge in [-0.3, -0.25) is 9.69 Å². The molecule has 0 unspecified atom stereocenters. The van der Waals surface area contributed by atoms with Crippen molar-refractivity contribution in [3.05, 3.63) is 47.5 Å². The number of benzene rings is 2. The molecule has 2 aliphatic rings. The molecule has 1 saturated heterocycles. The summed E-state index contributed by atoms with van der Waals surface area (Å²) in [6.45, 7) is 5.07. The van der Waals surface area contributed by atoms with Crippen molar-refractivity contribution in [1.29, 1.82) is 0 Å². The van der Waals surface area contributed by atoms with Crippen molar-refractivity contribution >= 4 is 28.9 Å². The molecule has 1 N–H and O–H groups in total. The van der Waals surface area contributed by atoms with Crippen molar-refractivity contribution in [2.75, 3.05) is 56.2 Å². The van der Waals surface area contributed by atoms with Gasteiger partial charge in [0.05, 0.1) is 19.8 Å². The summed E-state index contributed by atoms with van der Waals surface area (Å²) in [5, 5.41) is 3.71. The average molecular weight is 402 g/mol. The highest BCUT2D eigenvalue weighted by atomic mass is 35.5. The van der Waals surface area contributed by atoms with E-state index >= 15 is 0 Å². The Balaban J connectivity index is 1.28. The number of piperazine rings is 1. The zero-order chi connectivity index (χ0) is 19.3. The van der Waals surface area contributed by atoms with Gasteiger partial charge in [-0.05, 0) is 30.3 Å². The van der Waals surface area contributed by atoms with Crippen LogP contribution in [0.3, 0.4) is 0 Å². The van der Waals surface area contributed by atoms with Crippen LogP contribution in [0.4, 0.5) is 11.4 Å². The van der Waals surface area contributed by atoms with Crippen LogP contribution in [0.2, 0.25) is 5.02 Å². The predicted octanol–water partition coefficient (Wildman–Crippen LogP) is 3.26. The summed E-state index contributed by atoms with van der Waals surface area (Å²) < 4.78 is 11.3. The monoisotopic (exact) mass is 401 g/mol. The van der Waals surface area contributed by atoms with Gasteiger partial charge in [-0.15, -0.1) is 0 Å². The second kappa shape index (κ2) is 8.71. The van der Waals surface area contributed by atoms with E-state index in [1.54, 1.807) is 0 Å². The third-order valence-corrected chi connectivity index (χ3v) is 5.18. The molecule has 0 aromatic heterocycles. The van der Waals surface area contributed by atoms with Gasteiger partial charge in [-0.2, -0.15) is 0 Å². The van der Waals surface area contributed by atoms with Crippen LogP contribution in [0.5, 0.6) is 11.5 Å². The lowest BCUT2D eigenvalue weighted by Gasteiger charge is -2.35. The molecule has 28 heavy (non-hydrogen) atoms. The second-order valence-electron chi connectivity index (χ2n) is 7.00. The Labute approximate surface area is 170 Å². The van der Waals surface area contributed by atoms with E-state index < -0.39 is 0 Å². The fourth-order valence-corrected chi connectivity index (χ4v) is 3.67. The molecule has 1 fully saturated rings. The molecule has 0 aliphatic carbocycles. The van der Waals surface area contributed by atoms with E-state index in [4.69, 9.17) is 21.1 Å². The summed E-state index contributed by atoms with van der Waals surface area (Å²) in [4.78, 5) is 16.9. The topological polar surface area (TPSA) is 54.0 Å². The fourth-order valence-electron chi connectivity index (χ4n) is 3.48. The van der Waals surface area contributed by atoms with Crippen LogP contribution >= 0.6 is 11.6 Å². The zero-order valence-electron chi connectivity index (χ0n) is 15.7. The van der Waals surface area contributed by atoms with Crippen LogP contribution < -0.4 is 19.7 Å². The number of hydrogen-bond acceptors (Lipinski definition) is 5. The number of carbonyl (C=O) groups is 1. The molecule has 7 heteroatoms. The number of anilines is 2. The van der Waals surface area contributed by atoms with E-state index in [9.17, 15) is 4.79 Å². The van der Waals surface area contributed by atoms with E-state index in [0.29, 0.717) is 25.5 Å². The first-order valence-corrected chi connectivity index (χ1v) is 9.97. The molecule has 6 nitrogen and oxygen atoms in total. The molecule has 2 heterocycles. The van der Waals surface area contributed by atoms with Crippen molar-refractivity contribution in [2.24, 2.45) is 0 Å². The fraction of sp³-hybridized carbons (Fsp3) is 0.381. The lowest BCUT2D eigenvalue weighted by molar-refractivity contribution is -0.117. The minimum atomic E-state index is -0.0225. The summed E-state index contributed by atoms with van der Waals surface area (Å²) >= 11 is 6.09. The van der Waals surface area contributed by atoms with Crippen LogP contribution in [-0.2, 0) is 4.79 Å². The van der Waals surface area contributed by atoms with Gasteiger partial charge in [0.2, 0.25) is 5.91 Å². The Bertz CT molecular complexity index is 837. The molecule has 4 rings (SSSR count). The lowest BCUT2D eigenvalue weighted by atomic mass is 10.2. The quantitative estimate of drug-likeness (QED) is 0.852. The van der Waals surface area contributed by atoms with Crippen LogP contribution in [-0.4, -0.2) is 56.7 Å². The molecule has 2 aromatic rings. The minimum absolute atomic E-state index is 0.0225. The Morgan fingerprint density at radius 1 is 1.00 bits per heavy atom. The van der Waals surface area contributed by atoms with E-state index in [-0.39, 0.29) is 5.91 Å². The van der Waals surface area contributed by atoms with Crippen molar-refractivity contribution < 1.29 is 14.3 Å². The standard InChI is InChI=1S/C21H24ClN3O3/c22-16-3-1-4-18(13-16)25-9-7-24(8-10-25)15-21(26)23-17-5-6-19-20(14-17)28-12-2-11-27-19/h1,3-6,13-14H,2,7-12,15H2,(H,23,26). The lowest BCUT2D eigenvalue weighted by Crippen LogP contribution is -2.48. The Morgan fingerprint density at radius 2 is 1.79 bits per heavy atom. The number of amides is 1. The smallest absolute Gasteiger partial charge is 0.238 e. The predicted molar refractivity (Wildman–Crippen MR) is 111 cm³/mol. The Morgan fingerprint density at radius 3 is 2.57 bits per heavy atom. The maximum atomic E-state index is 12.5. The van der Waals surface area contributed by atoms with Gasteiger partial charge in [-0.1, -0.05) is 17.7 Å². The third-order valence-electron chi connectivity index (χ3n) is 4.94. The molecule has 2 aliphatic heterocycles. The van der Waals surface area contributed by atoms with E-state index in [0.717, 1.165) is 54.7 Å². The number of fused-ring (bicyclic) bond motifs is 1. The van der Waals surface area contributed by atoms with Gasteiger partial charge in [0.25, 0.3) is 0 Å². The summed E-state index contributed by atoms with van der Waals surface area (Å²) in [7, 11) is 0. The number of rotatable bonds is 4. The van der Waals surface area contributed by atoms with Crippen LogP contribution in [0.1, 0.15) is 6.42 Å². The van der Waals surface area contributed by atoms with Crippen molar-refractivity contribution in [1.82, 2.24) is 4.90 Å². The highest BCUT2D eigenvalue weighted by molar-refractivity contribution is 6.30. The largest absolute Gasteiger partial charge is 0.490 e. The molecule has 0 saturated carbocycles. The first-order chi connectivity index (χ1) is 13.7. The number of nitrogens with zero attached hydrogens (tertiary/aromatic N) is 2. The molecular formula is C21H24ClN3O3. The van der Waals surface area contributed by atoms with Crippen LogP contribution in [0.25, 0.3) is 0 Å². The number of nitrogens with one attached hydrogen (secondary N) is 1. The maximum absolute atomic E-state index is 12.5. The third kappa shape index (κ3) is 4.69. The summed E-state index contributed by atoms with van der Waals surface area (Å²) in [5.74, 6) is 1.39. The number of halogens is 1. The van der Waals surface area contributed by atoms with Gasteiger partial charge in [-0.25, -0.2) is 0 Å². The normalized spacial score (nSPS) is 17.1. The van der Waals surface area contributed by atoms with E-state index in [1.165, 1.54) is 0 Å². The molecule has 2 aromatic carbocycles. The van der Waals surface area contributed by atoms with Crippen LogP contribution in [0, 0.1) is 0 Å². The minimum Gasteiger partial charge on any atom is -0.490 e. The average Bonchev–Trinajstić information content (AvgIpc) is 2.93. The van der Waals surface area contributed by atoms with Crippen molar-refractivity contribution in [3.63, 3.8) is 0 Å². The first kappa shape index (κ1) is 18.9. The highest BCUT2D eigenvalue weighted by Crippen LogP contribution is 2.32. The molecule has 0 spiro atoms. The zero-order valence-corrected chi connectivity index (χ0v) is 16.5. The van der Waals surface area contributed by atoms with Gasteiger partial charge < -0.3 is 19.7 Å². The summed E-state index contributed by atoms with van der Waals surface area (Å²) in [5.41, 5.74) is 1.86. The number of carbonyl (C=O) groups excluding carboxylic acids is 1. The molecule has 0 atom stereocenters. The van der Waals surface area contributed by atoms with Crippen molar-refractivity contribution in [2.45, 2.75) is 6.42 Å². The Hall–Kier alpha value is -2.44. The highest BCUT2D eigenvalue weighted by Gasteiger charge is 2.20. The molecule has 148 valence electrons.